The zero-order chi connectivity index (χ0) is 16.6. The monoisotopic (exact) mass is 318 g/mol. The molecular formula is C15H12F2N4O2. The summed E-state index contributed by atoms with van der Waals surface area (Å²) in [7, 11) is 0. The molecule has 1 atom stereocenters. The first-order valence-corrected chi connectivity index (χ1v) is 6.75. The highest BCUT2D eigenvalue weighted by Crippen LogP contribution is 2.25. The van der Waals surface area contributed by atoms with Gasteiger partial charge in [0.1, 0.15) is 23.3 Å². The van der Waals surface area contributed by atoms with Crippen molar-refractivity contribution in [2.75, 3.05) is 0 Å². The van der Waals surface area contributed by atoms with Crippen molar-refractivity contribution in [2.45, 2.75) is 13.0 Å². The first-order chi connectivity index (χ1) is 11.0. The Labute approximate surface area is 129 Å². The number of carboxylic acid groups (broad SMARTS) is 1. The van der Waals surface area contributed by atoms with Crippen LogP contribution in [0.25, 0.3) is 16.9 Å². The van der Waals surface area contributed by atoms with E-state index >= 15 is 0 Å². The summed E-state index contributed by atoms with van der Waals surface area (Å²) >= 11 is 0. The van der Waals surface area contributed by atoms with Gasteiger partial charge in [-0.3, -0.25) is 4.57 Å². The van der Waals surface area contributed by atoms with Gasteiger partial charge in [0.15, 0.2) is 0 Å². The summed E-state index contributed by atoms with van der Waals surface area (Å²) in [6.07, 6.45) is -0.186. The number of rotatable bonds is 3. The molecule has 2 N–H and O–H groups in total. The summed E-state index contributed by atoms with van der Waals surface area (Å²) in [6.45, 7) is 1.60. The van der Waals surface area contributed by atoms with E-state index < -0.39 is 23.8 Å². The zero-order valence-corrected chi connectivity index (χ0v) is 12.0. The standard InChI is InChI=1S/C15H12F2N4O2/c1-8(19-15(22)23)14-20-11-4-2-9(16)6-12(11)21(14)13-5-3-10(17)7-18-13/h2-8,19H,1H3,(H,22,23)/t8-/m0/s1. The molecule has 0 aliphatic rings. The molecule has 0 fully saturated rings. The van der Waals surface area contributed by atoms with Gasteiger partial charge in [-0.25, -0.2) is 23.5 Å². The van der Waals surface area contributed by atoms with Gasteiger partial charge >= 0.3 is 6.09 Å². The van der Waals surface area contributed by atoms with Crippen molar-refractivity contribution in [2.24, 2.45) is 0 Å². The molecule has 6 nitrogen and oxygen atoms in total. The van der Waals surface area contributed by atoms with Crippen LogP contribution in [0.3, 0.4) is 0 Å². The average molecular weight is 318 g/mol. The van der Waals surface area contributed by atoms with Gasteiger partial charge in [-0.15, -0.1) is 0 Å². The second-order valence-corrected chi connectivity index (χ2v) is 4.94. The van der Waals surface area contributed by atoms with E-state index in [4.69, 9.17) is 5.11 Å². The molecule has 0 radical (unpaired) electrons. The number of fused-ring (bicyclic) bond motifs is 1. The third kappa shape index (κ3) is 2.83. The molecule has 8 heteroatoms. The molecule has 0 aliphatic heterocycles. The van der Waals surface area contributed by atoms with E-state index in [9.17, 15) is 13.6 Å². The SMILES string of the molecule is C[C@H](NC(=O)O)c1nc2ccc(F)cc2n1-c1ccc(F)cn1. The lowest BCUT2D eigenvalue weighted by Crippen LogP contribution is -2.26. The van der Waals surface area contributed by atoms with Crippen molar-refractivity contribution < 1.29 is 18.7 Å². The molecule has 23 heavy (non-hydrogen) atoms. The third-order valence-corrected chi connectivity index (χ3v) is 3.31. The minimum atomic E-state index is -1.21. The van der Waals surface area contributed by atoms with Crippen LogP contribution in [0, 0.1) is 11.6 Å². The van der Waals surface area contributed by atoms with Gasteiger partial charge in [0.05, 0.1) is 23.3 Å². The van der Waals surface area contributed by atoms with Crippen LogP contribution < -0.4 is 5.32 Å². The number of hydrogen-bond donors (Lipinski definition) is 2. The van der Waals surface area contributed by atoms with Crippen LogP contribution >= 0.6 is 0 Å². The number of hydrogen-bond acceptors (Lipinski definition) is 3. The predicted octanol–water partition coefficient (Wildman–Crippen LogP) is 3.03. The van der Waals surface area contributed by atoms with Crippen LogP contribution in [0.4, 0.5) is 13.6 Å². The van der Waals surface area contributed by atoms with Crippen LogP contribution in [0.1, 0.15) is 18.8 Å². The largest absolute Gasteiger partial charge is 0.465 e. The molecule has 0 saturated carbocycles. The van der Waals surface area contributed by atoms with E-state index in [0.29, 0.717) is 22.7 Å². The second-order valence-electron chi connectivity index (χ2n) is 4.94. The highest BCUT2D eigenvalue weighted by atomic mass is 19.1. The lowest BCUT2D eigenvalue weighted by molar-refractivity contribution is 0.190. The van der Waals surface area contributed by atoms with Gasteiger partial charge in [0.2, 0.25) is 0 Å². The Balaban J connectivity index is 2.24. The van der Waals surface area contributed by atoms with E-state index in [1.807, 2.05) is 0 Å². The number of aromatic nitrogens is 3. The Morgan fingerprint density at radius 1 is 1.26 bits per heavy atom. The molecule has 1 amide bonds. The Morgan fingerprint density at radius 3 is 2.65 bits per heavy atom. The van der Waals surface area contributed by atoms with E-state index in [2.05, 4.69) is 15.3 Å². The van der Waals surface area contributed by atoms with Crippen molar-refractivity contribution in [1.82, 2.24) is 19.9 Å². The lowest BCUT2D eigenvalue weighted by atomic mass is 10.3. The zero-order valence-electron chi connectivity index (χ0n) is 12.0. The number of carbonyl (C=O) groups is 1. The minimum absolute atomic E-state index is 0.313. The smallest absolute Gasteiger partial charge is 0.405 e. The van der Waals surface area contributed by atoms with Gasteiger partial charge in [0, 0.05) is 6.07 Å². The van der Waals surface area contributed by atoms with E-state index in [1.165, 1.54) is 34.9 Å². The first kappa shape index (κ1) is 14.9. The van der Waals surface area contributed by atoms with Crippen molar-refractivity contribution >= 4 is 17.1 Å². The summed E-state index contributed by atoms with van der Waals surface area (Å²) in [5, 5.41) is 11.2. The van der Waals surface area contributed by atoms with Crippen LogP contribution in [0.15, 0.2) is 36.5 Å². The van der Waals surface area contributed by atoms with Gasteiger partial charge in [0.25, 0.3) is 0 Å². The predicted molar refractivity (Wildman–Crippen MR) is 78.4 cm³/mol. The highest BCUT2D eigenvalue weighted by molar-refractivity contribution is 5.78. The molecule has 0 spiro atoms. The van der Waals surface area contributed by atoms with Gasteiger partial charge < -0.3 is 10.4 Å². The van der Waals surface area contributed by atoms with Gasteiger partial charge in [-0.05, 0) is 31.2 Å². The number of benzene rings is 1. The average Bonchev–Trinajstić information content (AvgIpc) is 2.86. The number of halogens is 2. The third-order valence-electron chi connectivity index (χ3n) is 3.31. The van der Waals surface area contributed by atoms with Crippen LogP contribution in [0.5, 0.6) is 0 Å². The van der Waals surface area contributed by atoms with E-state index in [-0.39, 0.29) is 0 Å². The number of nitrogens with one attached hydrogen (secondary N) is 1. The summed E-state index contributed by atoms with van der Waals surface area (Å²) in [4.78, 5) is 19.2. The quantitative estimate of drug-likeness (QED) is 0.778. The highest BCUT2D eigenvalue weighted by Gasteiger charge is 2.20. The lowest BCUT2D eigenvalue weighted by Gasteiger charge is -2.14. The van der Waals surface area contributed by atoms with E-state index in [0.717, 1.165) is 6.20 Å². The Morgan fingerprint density at radius 2 is 2.00 bits per heavy atom. The summed E-state index contributed by atoms with van der Waals surface area (Å²) in [5.41, 5.74) is 0.893. The van der Waals surface area contributed by atoms with Crippen molar-refractivity contribution in [1.29, 1.82) is 0 Å². The molecule has 2 heterocycles. The number of pyridine rings is 1. The first-order valence-electron chi connectivity index (χ1n) is 6.75. The Bertz CT molecular complexity index is 877. The van der Waals surface area contributed by atoms with Gasteiger partial charge in [-0.1, -0.05) is 0 Å². The minimum Gasteiger partial charge on any atom is -0.465 e. The molecular weight excluding hydrogens is 306 g/mol. The molecule has 118 valence electrons. The van der Waals surface area contributed by atoms with E-state index in [1.54, 1.807) is 6.92 Å². The summed E-state index contributed by atoms with van der Waals surface area (Å²) in [6, 6.07) is 5.98. The molecule has 0 saturated heterocycles. The van der Waals surface area contributed by atoms with Crippen molar-refractivity contribution in [3.05, 3.63) is 54.0 Å². The topological polar surface area (TPSA) is 80.0 Å². The maximum atomic E-state index is 13.6. The van der Waals surface area contributed by atoms with Crippen molar-refractivity contribution in [3.8, 4) is 5.82 Å². The summed E-state index contributed by atoms with van der Waals surface area (Å²) < 4.78 is 28.2. The van der Waals surface area contributed by atoms with Crippen LogP contribution in [0.2, 0.25) is 0 Å². The van der Waals surface area contributed by atoms with Crippen LogP contribution in [-0.2, 0) is 0 Å². The Kier molecular flexibility index (Phi) is 3.65. The molecule has 0 aliphatic carbocycles. The molecule has 0 unspecified atom stereocenters. The number of amides is 1. The molecule has 0 bridgehead atoms. The number of nitrogens with zero attached hydrogens (tertiary/aromatic N) is 3. The molecule has 3 rings (SSSR count). The normalized spacial score (nSPS) is 12.3. The fourth-order valence-corrected chi connectivity index (χ4v) is 2.35. The van der Waals surface area contributed by atoms with Crippen molar-refractivity contribution in [3.63, 3.8) is 0 Å². The van der Waals surface area contributed by atoms with Crippen LogP contribution in [-0.4, -0.2) is 25.7 Å². The Hall–Kier alpha value is -3.03. The fraction of sp³-hybridized carbons (Fsp3) is 0.133. The molecule has 1 aromatic carbocycles. The molecule has 2 aromatic heterocycles. The fourth-order valence-electron chi connectivity index (χ4n) is 2.35. The number of imidazole rings is 1. The molecule has 3 aromatic rings. The summed E-state index contributed by atoms with van der Waals surface area (Å²) in [5.74, 6) is -0.339. The maximum absolute atomic E-state index is 13.6. The second kappa shape index (κ2) is 5.64. The maximum Gasteiger partial charge on any atom is 0.405 e. The van der Waals surface area contributed by atoms with Gasteiger partial charge in [-0.2, -0.15) is 0 Å².